The fourth-order valence-electron chi connectivity index (χ4n) is 2.00. The average Bonchev–Trinajstić information content (AvgIpc) is 2.66. The number of ether oxygens (including phenoxy) is 3. The van der Waals surface area contributed by atoms with Gasteiger partial charge in [-0.15, -0.1) is 0 Å². The van der Waals surface area contributed by atoms with Crippen LogP contribution in [-0.2, 0) is 15.3 Å². The highest BCUT2D eigenvalue weighted by atomic mass is 16.7. The van der Waals surface area contributed by atoms with Crippen LogP contribution in [0.1, 0.15) is 18.1 Å². The quantitative estimate of drug-likeness (QED) is 0.746. The topological polar surface area (TPSA) is 27.7 Å². The summed E-state index contributed by atoms with van der Waals surface area (Å²) in [5, 5.41) is 0. The van der Waals surface area contributed by atoms with Crippen molar-refractivity contribution in [1.29, 1.82) is 0 Å². The van der Waals surface area contributed by atoms with Gasteiger partial charge < -0.3 is 14.2 Å². The van der Waals surface area contributed by atoms with Crippen LogP contribution in [-0.4, -0.2) is 20.3 Å². The lowest BCUT2D eigenvalue weighted by Gasteiger charge is -2.25. The molecule has 0 N–H and O–H groups in total. The minimum atomic E-state index is -0.612. The minimum Gasteiger partial charge on any atom is -0.496 e. The van der Waals surface area contributed by atoms with Crippen molar-refractivity contribution in [3.8, 4) is 5.75 Å². The van der Waals surface area contributed by atoms with Crippen LogP contribution in [0.2, 0.25) is 0 Å². The van der Waals surface area contributed by atoms with E-state index in [2.05, 4.69) is 0 Å². The van der Waals surface area contributed by atoms with Gasteiger partial charge in [-0.1, -0.05) is 12.1 Å². The van der Waals surface area contributed by atoms with Crippen molar-refractivity contribution in [1.82, 2.24) is 0 Å². The van der Waals surface area contributed by atoms with Crippen LogP contribution in [0.5, 0.6) is 5.75 Å². The smallest absolute Gasteiger partial charge is 0.192 e. The van der Waals surface area contributed by atoms with Crippen molar-refractivity contribution in [2.45, 2.75) is 19.6 Å². The van der Waals surface area contributed by atoms with E-state index in [1.54, 1.807) is 7.11 Å². The van der Waals surface area contributed by atoms with Crippen LogP contribution in [0.25, 0.3) is 0 Å². The third-order valence-electron chi connectivity index (χ3n) is 2.83. The summed E-state index contributed by atoms with van der Waals surface area (Å²) in [5.74, 6) is 0.256. The second kappa shape index (κ2) is 3.83. The summed E-state index contributed by atoms with van der Waals surface area (Å²) < 4.78 is 16.5. The van der Waals surface area contributed by atoms with Crippen molar-refractivity contribution in [2.24, 2.45) is 0 Å². The van der Waals surface area contributed by atoms with Gasteiger partial charge in [-0.05, 0) is 25.5 Å². The summed E-state index contributed by atoms with van der Waals surface area (Å²) >= 11 is 0. The molecule has 15 heavy (non-hydrogen) atoms. The van der Waals surface area contributed by atoms with Gasteiger partial charge in [0.2, 0.25) is 0 Å². The van der Waals surface area contributed by atoms with Crippen LogP contribution in [0.15, 0.2) is 18.2 Å². The van der Waals surface area contributed by atoms with Gasteiger partial charge in [0, 0.05) is 5.56 Å². The minimum absolute atomic E-state index is 0.612. The van der Waals surface area contributed by atoms with Crippen molar-refractivity contribution < 1.29 is 14.2 Å². The number of benzene rings is 1. The molecule has 2 rings (SSSR count). The molecule has 1 aliphatic heterocycles. The Hall–Kier alpha value is -1.06. The Labute approximate surface area is 90.0 Å². The summed E-state index contributed by atoms with van der Waals surface area (Å²) in [7, 11) is 1.67. The summed E-state index contributed by atoms with van der Waals surface area (Å²) in [6.45, 7) is 5.26. The molecule has 1 aromatic rings. The molecule has 0 radical (unpaired) electrons. The van der Waals surface area contributed by atoms with Crippen LogP contribution in [0.4, 0.5) is 0 Å². The second-order valence-corrected chi connectivity index (χ2v) is 3.78. The zero-order valence-corrected chi connectivity index (χ0v) is 9.37. The number of hydrogen-bond donors (Lipinski definition) is 0. The van der Waals surface area contributed by atoms with Crippen molar-refractivity contribution >= 4 is 0 Å². The Morgan fingerprint density at radius 1 is 1.27 bits per heavy atom. The van der Waals surface area contributed by atoms with Crippen molar-refractivity contribution in [2.75, 3.05) is 20.3 Å². The molecule has 0 amide bonds. The largest absolute Gasteiger partial charge is 0.496 e. The monoisotopic (exact) mass is 208 g/mol. The molecule has 1 fully saturated rings. The fourth-order valence-corrected chi connectivity index (χ4v) is 2.00. The van der Waals surface area contributed by atoms with E-state index in [0.717, 1.165) is 16.9 Å². The maximum Gasteiger partial charge on any atom is 0.192 e. The third-order valence-corrected chi connectivity index (χ3v) is 2.83. The van der Waals surface area contributed by atoms with Gasteiger partial charge >= 0.3 is 0 Å². The molecule has 0 aliphatic carbocycles. The van der Waals surface area contributed by atoms with E-state index in [4.69, 9.17) is 14.2 Å². The fraction of sp³-hybridized carbons (Fsp3) is 0.500. The van der Waals surface area contributed by atoms with E-state index < -0.39 is 5.79 Å². The Bertz CT molecular complexity index is 354. The van der Waals surface area contributed by atoms with Crippen molar-refractivity contribution in [3.63, 3.8) is 0 Å². The maximum atomic E-state index is 5.63. The molecule has 0 aromatic heterocycles. The predicted molar refractivity (Wildman–Crippen MR) is 57.0 cm³/mol. The van der Waals surface area contributed by atoms with E-state index in [1.807, 2.05) is 32.0 Å². The van der Waals surface area contributed by atoms with Crippen molar-refractivity contribution in [3.05, 3.63) is 29.3 Å². The zero-order chi connectivity index (χ0) is 10.9. The Morgan fingerprint density at radius 2 is 1.93 bits per heavy atom. The van der Waals surface area contributed by atoms with Crippen LogP contribution in [0, 0.1) is 6.92 Å². The van der Waals surface area contributed by atoms with Gasteiger partial charge in [0.15, 0.2) is 5.79 Å². The van der Waals surface area contributed by atoms with E-state index >= 15 is 0 Å². The molecule has 0 saturated carbocycles. The highest BCUT2D eigenvalue weighted by Crippen LogP contribution is 2.35. The van der Waals surface area contributed by atoms with Gasteiger partial charge in [-0.3, -0.25) is 0 Å². The molecule has 1 heterocycles. The maximum absolute atomic E-state index is 5.63. The Kier molecular flexibility index (Phi) is 2.67. The second-order valence-electron chi connectivity index (χ2n) is 3.78. The third kappa shape index (κ3) is 1.73. The summed E-state index contributed by atoms with van der Waals surface area (Å²) in [4.78, 5) is 0. The Morgan fingerprint density at radius 3 is 2.53 bits per heavy atom. The summed E-state index contributed by atoms with van der Waals surface area (Å²) in [6.07, 6.45) is 0. The highest BCUT2D eigenvalue weighted by Gasteiger charge is 2.34. The van der Waals surface area contributed by atoms with Gasteiger partial charge in [0.05, 0.1) is 20.3 Å². The molecule has 3 nitrogen and oxygen atoms in total. The molecular weight excluding hydrogens is 192 g/mol. The van der Waals surface area contributed by atoms with Gasteiger partial charge in [0.1, 0.15) is 5.75 Å². The lowest BCUT2D eigenvalue weighted by atomic mass is 10.0. The molecule has 0 bridgehead atoms. The molecule has 1 aliphatic rings. The molecule has 82 valence electrons. The number of rotatable bonds is 2. The molecule has 0 atom stereocenters. The van der Waals surface area contributed by atoms with E-state index in [-0.39, 0.29) is 0 Å². The summed E-state index contributed by atoms with van der Waals surface area (Å²) in [5.41, 5.74) is 2.11. The van der Waals surface area contributed by atoms with Gasteiger partial charge in [-0.25, -0.2) is 0 Å². The summed E-state index contributed by atoms with van der Waals surface area (Å²) in [6, 6.07) is 5.91. The predicted octanol–water partition coefficient (Wildman–Crippen LogP) is 2.22. The average molecular weight is 208 g/mol. The molecule has 1 aromatic carbocycles. The zero-order valence-electron chi connectivity index (χ0n) is 9.37. The number of methoxy groups -OCH3 is 1. The SMILES string of the molecule is COc1cccc(C2(C)OCCO2)c1C. The first-order valence-corrected chi connectivity index (χ1v) is 5.09. The molecule has 1 saturated heterocycles. The standard InChI is InChI=1S/C12H16O3/c1-9-10(5-4-6-11(9)13-3)12(2)14-7-8-15-12/h4-6H,7-8H2,1-3H3. The first-order valence-electron chi connectivity index (χ1n) is 5.09. The van der Waals surface area contributed by atoms with E-state index in [0.29, 0.717) is 13.2 Å². The van der Waals surface area contributed by atoms with Gasteiger partial charge in [-0.2, -0.15) is 0 Å². The molecule has 0 unspecified atom stereocenters. The molecule has 3 heteroatoms. The highest BCUT2D eigenvalue weighted by molar-refractivity contribution is 5.41. The molecular formula is C12H16O3. The lowest BCUT2D eigenvalue weighted by molar-refractivity contribution is -0.150. The Balaban J connectivity index is 2.43. The van der Waals surface area contributed by atoms with Crippen LogP contribution < -0.4 is 4.74 Å². The van der Waals surface area contributed by atoms with E-state index in [9.17, 15) is 0 Å². The number of hydrogen-bond acceptors (Lipinski definition) is 3. The first kappa shape index (κ1) is 10.5. The normalized spacial score (nSPS) is 19.1. The lowest BCUT2D eigenvalue weighted by Crippen LogP contribution is -2.23. The van der Waals surface area contributed by atoms with Crippen LogP contribution in [0.3, 0.4) is 0 Å². The van der Waals surface area contributed by atoms with Gasteiger partial charge in [0.25, 0.3) is 0 Å². The molecule has 0 spiro atoms. The van der Waals surface area contributed by atoms with E-state index in [1.165, 1.54) is 0 Å². The van der Waals surface area contributed by atoms with Crippen LogP contribution >= 0.6 is 0 Å². The first-order chi connectivity index (χ1) is 7.17.